The summed E-state index contributed by atoms with van der Waals surface area (Å²) < 4.78 is 4.94. The van der Waals surface area contributed by atoms with Crippen LogP contribution in [0.25, 0.3) is 0 Å². The van der Waals surface area contributed by atoms with Crippen LogP contribution in [-0.2, 0) is 7.05 Å². The fraction of sp³-hybridized carbons (Fsp3) is 0.182. The molecule has 2 aromatic rings. The van der Waals surface area contributed by atoms with E-state index in [4.69, 9.17) is 9.84 Å². The molecule has 1 aromatic carbocycles. The Morgan fingerprint density at radius 2 is 2.10 bits per heavy atom. The Balaban J connectivity index is 2.14. The number of amides is 2. The molecule has 0 aliphatic heterocycles. The zero-order valence-corrected chi connectivity index (χ0v) is 11.2. The molecule has 0 saturated carbocycles. The summed E-state index contributed by atoms with van der Waals surface area (Å²) in [6, 6.07) is 3.57. The molecule has 0 aliphatic rings. The van der Waals surface area contributed by atoms with Crippen LogP contribution in [0, 0.1) is 0 Å². The standard InChI is InChI=1S/C11H12N6O4/c1-17-15-10(14-16-17)13-11(20)12-8-4-3-6(21-2)5-7(8)9(18)19/h3-5H,1-2H3,(H,18,19)(H2,12,13,15,20). The minimum atomic E-state index is -1.19. The summed E-state index contributed by atoms with van der Waals surface area (Å²) in [7, 11) is 2.96. The lowest BCUT2D eigenvalue weighted by molar-refractivity contribution is 0.0697. The highest BCUT2D eigenvalue weighted by Gasteiger charge is 2.14. The van der Waals surface area contributed by atoms with Crippen molar-refractivity contribution in [3.05, 3.63) is 23.8 Å². The third-order valence-electron chi connectivity index (χ3n) is 2.44. The first-order valence-electron chi connectivity index (χ1n) is 5.73. The molecule has 1 heterocycles. The minimum Gasteiger partial charge on any atom is -0.497 e. The molecule has 0 saturated heterocycles. The average Bonchev–Trinajstić information content (AvgIpc) is 2.84. The number of carboxylic acids is 1. The Labute approximate surface area is 118 Å². The Kier molecular flexibility index (Phi) is 3.97. The van der Waals surface area contributed by atoms with Crippen LogP contribution in [0.3, 0.4) is 0 Å². The number of hydrogen-bond acceptors (Lipinski definition) is 6. The molecule has 10 heteroatoms. The number of methoxy groups -OCH3 is 1. The maximum Gasteiger partial charge on any atom is 0.337 e. The van der Waals surface area contributed by atoms with Gasteiger partial charge in [0.1, 0.15) is 5.75 Å². The molecule has 0 bridgehead atoms. The van der Waals surface area contributed by atoms with Crippen LogP contribution in [0.1, 0.15) is 10.4 Å². The Morgan fingerprint density at radius 1 is 1.33 bits per heavy atom. The van der Waals surface area contributed by atoms with Gasteiger partial charge in [-0.1, -0.05) is 5.10 Å². The van der Waals surface area contributed by atoms with Crippen molar-refractivity contribution in [2.75, 3.05) is 17.7 Å². The molecule has 0 unspecified atom stereocenters. The largest absolute Gasteiger partial charge is 0.497 e. The minimum absolute atomic E-state index is 0.000358. The zero-order chi connectivity index (χ0) is 15.4. The first-order chi connectivity index (χ1) is 9.99. The topological polar surface area (TPSA) is 131 Å². The molecule has 2 amide bonds. The number of ether oxygens (including phenoxy) is 1. The van der Waals surface area contributed by atoms with E-state index in [2.05, 4.69) is 26.0 Å². The summed E-state index contributed by atoms with van der Waals surface area (Å²) in [4.78, 5) is 24.1. The predicted molar refractivity (Wildman–Crippen MR) is 71.4 cm³/mol. The van der Waals surface area contributed by atoms with Crippen molar-refractivity contribution in [2.45, 2.75) is 0 Å². The molecular formula is C11H12N6O4. The maximum absolute atomic E-state index is 11.8. The smallest absolute Gasteiger partial charge is 0.337 e. The number of carboxylic acid groups (broad SMARTS) is 1. The quantitative estimate of drug-likeness (QED) is 0.750. The number of tetrazole rings is 1. The van der Waals surface area contributed by atoms with Crippen LogP contribution in [0.4, 0.5) is 16.4 Å². The van der Waals surface area contributed by atoms with E-state index in [0.29, 0.717) is 5.75 Å². The van der Waals surface area contributed by atoms with Gasteiger partial charge in [0, 0.05) is 0 Å². The van der Waals surface area contributed by atoms with Gasteiger partial charge in [-0.25, -0.2) is 9.59 Å². The summed E-state index contributed by atoms with van der Waals surface area (Å²) in [5.74, 6) is -0.823. The number of nitrogens with one attached hydrogen (secondary N) is 2. The summed E-state index contributed by atoms with van der Waals surface area (Å²) in [6.45, 7) is 0. The number of nitrogens with zero attached hydrogens (tertiary/aromatic N) is 4. The average molecular weight is 292 g/mol. The highest BCUT2D eigenvalue weighted by Crippen LogP contribution is 2.22. The zero-order valence-electron chi connectivity index (χ0n) is 11.2. The van der Waals surface area contributed by atoms with Crippen LogP contribution in [0.2, 0.25) is 0 Å². The number of aromatic carboxylic acids is 1. The number of aromatic nitrogens is 4. The lowest BCUT2D eigenvalue weighted by Crippen LogP contribution is -2.21. The number of aryl methyl sites for hydroxylation is 1. The van der Waals surface area contributed by atoms with E-state index in [0.717, 1.165) is 0 Å². The molecular weight excluding hydrogens is 280 g/mol. The van der Waals surface area contributed by atoms with Gasteiger partial charge >= 0.3 is 12.0 Å². The van der Waals surface area contributed by atoms with E-state index in [1.807, 2.05) is 0 Å². The van der Waals surface area contributed by atoms with E-state index in [1.165, 1.54) is 30.1 Å². The molecule has 110 valence electrons. The molecule has 2 rings (SSSR count). The van der Waals surface area contributed by atoms with Crippen molar-refractivity contribution < 1.29 is 19.4 Å². The van der Waals surface area contributed by atoms with Crippen molar-refractivity contribution in [2.24, 2.45) is 7.05 Å². The highest BCUT2D eigenvalue weighted by molar-refractivity contribution is 6.04. The molecule has 21 heavy (non-hydrogen) atoms. The monoisotopic (exact) mass is 292 g/mol. The van der Waals surface area contributed by atoms with Crippen molar-refractivity contribution in [1.82, 2.24) is 20.2 Å². The number of benzene rings is 1. The number of urea groups is 1. The predicted octanol–water partition coefficient (Wildman–Crippen LogP) is 0.561. The van der Waals surface area contributed by atoms with Crippen LogP contribution in [0.5, 0.6) is 5.75 Å². The van der Waals surface area contributed by atoms with Crippen LogP contribution in [-0.4, -0.2) is 44.4 Å². The molecule has 0 radical (unpaired) electrons. The van der Waals surface area contributed by atoms with E-state index in [1.54, 1.807) is 7.05 Å². The van der Waals surface area contributed by atoms with Crippen molar-refractivity contribution >= 4 is 23.6 Å². The Morgan fingerprint density at radius 3 is 2.67 bits per heavy atom. The molecule has 0 spiro atoms. The Bertz CT molecular complexity index is 683. The molecule has 0 fully saturated rings. The summed E-state index contributed by atoms with van der Waals surface area (Å²) in [6.07, 6.45) is 0. The Hall–Kier alpha value is -3.17. The van der Waals surface area contributed by atoms with E-state index < -0.39 is 12.0 Å². The van der Waals surface area contributed by atoms with E-state index in [9.17, 15) is 9.59 Å². The summed E-state index contributed by atoms with van der Waals surface area (Å²) in [5.41, 5.74) is 0.0151. The fourth-order valence-corrected chi connectivity index (χ4v) is 1.53. The van der Waals surface area contributed by atoms with Crippen molar-refractivity contribution in [3.63, 3.8) is 0 Å². The van der Waals surface area contributed by atoms with Gasteiger partial charge in [0.15, 0.2) is 0 Å². The number of rotatable bonds is 4. The lowest BCUT2D eigenvalue weighted by atomic mass is 10.1. The van der Waals surface area contributed by atoms with Gasteiger partial charge in [0.25, 0.3) is 5.95 Å². The molecule has 1 aromatic heterocycles. The van der Waals surface area contributed by atoms with Gasteiger partial charge in [-0.05, 0) is 23.4 Å². The highest BCUT2D eigenvalue weighted by atomic mass is 16.5. The molecule has 0 aliphatic carbocycles. The fourth-order valence-electron chi connectivity index (χ4n) is 1.53. The second-order valence-electron chi connectivity index (χ2n) is 3.90. The second kappa shape index (κ2) is 5.86. The normalized spacial score (nSPS) is 10.0. The summed E-state index contributed by atoms with van der Waals surface area (Å²) >= 11 is 0. The third kappa shape index (κ3) is 3.43. The molecule has 0 atom stereocenters. The van der Waals surface area contributed by atoms with Gasteiger partial charge in [0.05, 0.1) is 25.4 Å². The first kappa shape index (κ1) is 14.2. The maximum atomic E-state index is 11.8. The van der Waals surface area contributed by atoms with Gasteiger partial charge < -0.3 is 15.2 Å². The van der Waals surface area contributed by atoms with Crippen LogP contribution >= 0.6 is 0 Å². The van der Waals surface area contributed by atoms with Gasteiger partial charge in [0.2, 0.25) is 0 Å². The third-order valence-corrected chi connectivity index (χ3v) is 2.44. The van der Waals surface area contributed by atoms with E-state index in [-0.39, 0.29) is 17.2 Å². The lowest BCUT2D eigenvalue weighted by Gasteiger charge is -2.09. The van der Waals surface area contributed by atoms with Gasteiger partial charge in [-0.3, -0.25) is 5.32 Å². The SMILES string of the molecule is COc1ccc(NC(=O)Nc2nnn(C)n2)c(C(=O)O)c1. The van der Waals surface area contributed by atoms with Crippen LogP contribution in [0.15, 0.2) is 18.2 Å². The number of carbonyl (C=O) groups is 2. The van der Waals surface area contributed by atoms with Crippen LogP contribution < -0.4 is 15.4 Å². The van der Waals surface area contributed by atoms with Crippen molar-refractivity contribution in [3.8, 4) is 5.75 Å². The van der Waals surface area contributed by atoms with Gasteiger partial charge in [-0.15, -0.1) is 5.10 Å². The summed E-state index contributed by atoms with van der Waals surface area (Å²) in [5, 5.41) is 24.7. The number of carbonyl (C=O) groups excluding carboxylic acids is 1. The van der Waals surface area contributed by atoms with E-state index >= 15 is 0 Å². The van der Waals surface area contributed by atoms with Crippen molar-refractivity contribution in [1.29, 1.82) is 0 Å². The molecule has 10 nitrogen and oxygen atoms in total. The number of hydrogen-bond donors (Lipinski definition) is 3. The second-order valence-corrected chi connectivity index (χ2v) is 3.90. The molecule has 3 N–H and O–H groups in total. The number of anilines is 2. The first-order valence-corrected chi connectivity index (χ1v) is 5.73. The van der Waals surface area contributed by atoms with Gasteiger partial charge in [-0.2, -0.15) is 4.80 Å².